The molecule has 0 saturated carbocycles. The number of nitrogens with zero attached hydrogens (tertiary/aromatic N) is 2. The Kier molecular flexibility index (Phi) is 3.46. The molecule has 0 radical (unpaired) electrons. The summed E-state index contributed by atoms with van der Waals surface area (Å²) in [6.45, 7) is 6.08. The van der Waals surface area contributed by atoms with Crippen molar-refractivity contribution in [3.05, 3.63) is 47.2 Å². The number of hydrogen-bond donors (Lipinski definition) is 2. The Bertz CT molecular complexity index is 514. The summed E-state index contributed by atoms with van der Waals surface area (Å²) in [5.74, 6) is 1.06. The molecule has 0 fully saturated rings. The van der Waals surface area contributed by atoms with Crippen molar-refractivity contribution < 1.29 is 0 Å². The molecule has 2 aromatic rings. The number of hydrogen-bond acceptors (Lipinski definition) is 4. The molecule has 0 aliphatic heterocycles. The first-order valence-corrected chi connectivity index (χ1v) is 5.99. The van der Waals surface area contributed by atoms with Crippen LogP contribution in [-0.2, 0) is 0 Å². The molecule has 0 saturated heterocycles. The van der Waals surface area contributed by atoms with Crippen LogP contribution in [-0.4, -0.2) is 9.97 Å². The second-order valence-corrected chi connectivity index (χ2v) is 4.53. The van der Waals surface area contributed by atoms with E-state index in [-0.39, 0.29) is 6.04 Å². The Hall–Kier alpha value is -2.10. The highest BCUT2D eigenvalue weighted by atomic mass is 15.1. The van der Waals surface area contributed by atoms with Crippen LogP contribution in [0.15, 0.2) is 30.3 Å². The van der Waals surface area contributed by atoms with Crippen molar-refractivity contribution in [3.63, 3.8) is 0 Å². The van der Waals surface area contributed by atoms with Crippen LogP contribution in [0.3, 0.4) is 0 Å². The number of rotatable bonds is 3. The third kappa shape index (κ3) is 2.97. The largest absolute Gasteiger partial charge is 0.368 e. The minimum absolute atomic E-state index is 0.180. The lowest BCUT2D eigenvalue weighted by Crippen LogP contribution is -2.09. The maximum Gasteiger partial charge on any atom is 0.222 e. The molecule has 1 unspecified atom stereocenters. The van der Waals surface area contributed by atoms with Gasteiger partial charge in [-0.25, -0.2) is 4.98 Å². The maximum absolute atomic E-state index is 5.63. The van der Waals surface area contributed by atoms with Crippen LogP contribution in [0.2, 0.25) is 0 Å². The number of benzene rings is 1. The van der Waals surface area contributed by atoms with Gasteiger partial charge in [-0.2, -0.15) is 4.98 Å². The van der Waals surface area contributed by atoms with E-state index < -0.39 is 0 Å². The maximum atomic E-state index is 5.63. The van der Waals surface area contributed by atoms with E-state index in [0.717, 1.165) is 11.5 Å². The molecule has 1 aromatic heterocycles. The fourth-order valence-corrected chi connectivity index (χ4v) is 1.83. The Labute approximate surface area is 107 Å². The minimum atomic E-state index is 0.180. The van der Waals surface area contributed by atoms with Crippen molar-refractivity contribution in [2.24, 2.45) is 0 Å². The molecule has 2 rings (SSSR count). The third-order valence-corrected chi connectivity index (χ3v) is 2.81. The highest BCUT2D eigenvalue weighted by molar-refractivity contribution is 5.42. The predicted octanol–water partition coefficient (Wildman–Crippen LogP) is 2.85. The molecule has 1 aromatic carbocycles. The van der Waals surface area contributed by atoms with Gasteiger partial charge in [0.15, 0.2) is 0 Å². The van der Waals surface area contributed by atoms with Gasteiger partial charge in [0.25, 0.3) is 0 Å². The average Bonchev–Trinajstić information content (AvgIpc) is 2.28. The van der Waals surface area contributed by atoms with Gasteiger partial charge in [-0.1, -0.05) is 29.8 Å². The second-order valence-electron chi connectivity index (χ2n) is 4.53. The van der Waals surface area contributed by atoms with Gasteiger partial charge >= 0.3 is 0 Å². The van der Waals surface area contributed by atoms with Crippen LogP contribution >= 0.6 is 0 Å². The molecular weight excluding hydrogens is 224 g/mol. The van der Waals surface area contributed by atoms with Gasteiger partial charge in [0.1, 0.15) is 5.82 Å². The van der Waals surface area contributed by atoms with E-state index in [2.05, 4.69) is 53.4 Å². The fourth-order valence-electron chi connectivity index (χ4n) is 1.83. The van der Waals surface area contributed by atoms with Gasteiger partial charge in [0.2, 0.25) is 5.95 Å². The Morgan fingerprint density at radius 3 is 2.39 bits per heavy atom. The van der Waals surface area contributed by atoms with Crippen molar-refractivity contribution >= 4 is 11.8 Å². The number of nitrogens with two attached hydrogens (primary N) is 1. The lowest BCUT2D eigenvalue weighted by atomic mass is 10.1. The first-order chi connectivity index (χ1) is 8.54. The topological polar surface area (TPSA) is 63.8 Å². The molecule has 4 heteroatoms. The summed E-state index contributed by atoms with van der Waals surface area (Å²) in [5, 5.41) is 3.33. The van der Waals surface area contributed by atoms with Gasteiger partial charge in [0, 0.05) is 17.8 Å². The summed E-state index contributed by atoms with van der Waals surface area (Å²) < 4.78 is 0. The first kappa shape index (κ1) is 12.4. The number of nitrogen functional groups attached to an aromatic ring is 1. The Morgan fingerprint density at radius 1 is 1.11 bits per heavy atom. The average molecular weight is 242 g/mol. The van der Waals surface area contributed by atoms with E-state index in [1.54, 1.807) is 0 Å². The van der Waals surface area contributed by atoms with Gasteiger partial charge in [-0.3, -0.25) is 0 Å². The Morgan fingerprint density at radius 2 is 1.78 bits per heavy atom. The van der Waals surface area contributed by atoms with E-state index in [4.69, 9.17) is 5.73 Å². The zero-order chi connectivity index (χ0) is 13.1. The lowest BCUT2D eigenvalue weighted by Gasteiger charge is -2.15. The van der Waals surface area contributed by atoms with E-state index >= 15 is 0 Å². The summed E-state index contributed by atoms with van der Waals surface area (Å²) in [7, 11) is 0. The molecule has 0 aliphatic rings. The van der Waals surface area contributed by atoms with E-state index in [9.17, 15) is 0 Å². The van der Waals surface area contributed by atoms with Gasteiger partial charge in [-0.05, 0) is 26.3 Å². The summed E-state index contributed by atoms with van der Waals surface area (Å²) in [4.78, 5) is 8.23. The highest BCUT2D eigenvalue weighted by Crippen LogP contribution is 2.19. The quantitative estimate of drug-likeness (QED) is 0.868. The molecule has 1 atom stereocenters. The summed E-state index contributed by atoms with van der Waals surface area (Å²) in [6, 6.07) is 10.5. The number of aromatic nitrogens is 2. The highest BCUT2D eigenvalue weighted by Gasteiger charge is 2.06. The molecule has 0 amide bonds. The third-order valence-electron chi connectivity index (χ3n) is 2.81. The molecule has 1 heterocycles. The van der Waals surface area contributed by atoms with E-state index in [0.29, 0.717) is 5.95 Å². The number of anilines is 2. The van der Waals surface area contributed by atoms with E-state index in [1.807, 2.05) is 13.0 Å². The molecule has 0 spiro atoms. The minimum Gasteiger partial charge on any atom is -0.368 e. The molecule has 4 nitrogen and oxygen atoms in total. The smallest absolute Gasteiger partial charge is 0.222 e. The molecule has 94 valence electrons. The molecular formula is C14H18N4. The number of aryl methyl sites for hydroxylation is 2. The van der Waals surface area contributed by atoms with Crippen LogP contribution < -0.4 is 11.1 Å². The second kappa shape index (κ2) is 5.04. The van der Waals surface area contributed by atoms with Crippen LogP contribution in [0.4, 0.5) is 11.8 Å². The van der Waals surface area contributed by atoms with Crippen molar-refractivity contribution in [2.45, 2.75) is 26.8 Å². The fraction of sp³-hybridized carbons (Fsp3) is 0.286. The van der Waals surface area contributed by atoms with Gasteiger partial charge < -0.3 is 11.1 Å². The van der Waals surface area contributed by atoms with Crippen LogP contribution in [0.1, 0.15) is 29.8 Å². The molecule has 3 N–H and O–H groups in total. The van der Waals surface area contributed by atoms with Crippen molar-refractivity contribution in [2.75, 3.05) is 11.1 Å². The summed E-state index contributed by atoms with van der Waals surface area (Å²) in [5.41, 5.74) is 8.97. The van der Waals surface area contributed by atoms with Gasteiger partial charge in [0.05, 0.1) is 0 Å². The lowest BCUT2D eigenvalue weighted by molar-refractivity contribution is 0.871. The first-order valence-electron chi connectivity index (χ1n) is 5.99. The van der Waals surface area contributed by atoms with Crippen LogP contribution in [0.5, 0.6) is 0 Å². The molecule has 0 aliphatic carbocycles. The SMILES string of the molecule is Cc1ccc(C(C)Nc2cc(C)nc(N)n2)cc1. The summed E-state index contributed by atoms with van der Waals surface area (Å²) in [6.07, 6.45) is 0. The van der Waals surface area contributed by atoms with Crippen molar-refractivity contribution in [3.8, 4) is 0 Å². The van der Waals surface area contributed by atoms with Crippen molar-refractivity contribution in [1.82, 2.24) is 9.97 Å². The summed E-state index contributed by atoms with van der Waals surface area (Å²) >= 11 is 0. The van der Waals surface area contributed by atoms with Crippen molar-refractivity contribution in [1.29, 1.82) is 0 Å². The zero-order valence-electron chi connectivity index (χ0n) is 10.9. The monoisotopic (exact) mass is 242 g/mol. The zero-order valence-corrected chi connectivity index (χ0v) is 10.9. The van der Waals surface area contributed by atoms with Crippen LogP contribution in [0, 0.1) is 13.8 Å². The van der Waals surface area contributed by atoms with E-state index in [1.165, 1.54) is 11.1 Å². The number of nitrogens with one attached hydrogen (secondary N) is 1. The standard InChI is InChI=1S/C14H18N4/c1-9-4-6-12(7-5-9)11(3)17-13-8-10(2)16-14(15)18-13/h4-8,11H,1-3H3,(H3,15,16,17,18). The molecule has 18 heavy (non-hydrogen) atoms. The molecule has 0 bridgehead atoms. The van der Waals surface area contributed by atoms with Crippen LogP contribution in [0.25, 0.3) is 0 Å². The van der Waals surface area contributed by atoms with Gasteiger partial charge in [-0.15, -0.1) is 0 Å². The predicted molar refractivity (Wildman–Crippen MR) is 74.4 cm³/mol. The normalized spacial score (nSPS) is 12.2. The Balaban J connectivity index is 2.15.